The quantitative estimate of drug-likeness (QED) is 0.257. The smallest absolute Gasteiger partial charge is 0.105 e. The van der Waals surface area contributed by atoms with E-state index in [1.54, 1.807) is 37.2 Å². The van der Waals surface area contributed by atoms with Crippen molar-refractivity contribution in [2.45, 2.75) is 0 Å². The van der Waals surface area contributed by atoms with E-state index in [1.165, 1.54) is 0 Å². The first kappa shape index (κ1) is 21.8. The van der Waals surface area contributed by atoms with E-state index in [-0.39, 0.29) is 0 Å². The van der Waals surface area contributed by atoms with Gasteiger partial charge >= 0.3 is 0 Å². The van der Waals surface area contributed by atoms with Crippen LogP contribution in [0, 0.1) is 0 Å². The minimum atomic E-state index is 0.774. The highest BCUT2D eigenvalue weighted by atomic mass is 15.2. The topological polar surface area (TPSA) is 101 Å². The fourth-order valence-corrected chi connectivity index (χ4v) is 4.62. The maximum absolute atomic E-state index is 4.51. The lowest BCUT2D eigenvalue weighted by molar-refractivity contribution is 1.24. The fraction of sp³-hybridized carbons (Fsp3) is 0. The molecule has 1 aromatic carbocycles. The molecule has 0 unspecified atom stereocenters. The molecule has 0 radical (unpaired) electrons. The van der Waals surface area contributed by atoms with Gasteiger partial charge in [0, 0.05) is 47.0 Å². The summed E-state index contributed by atoms with van der Waals surface area (Å²) < 4.78 is 0. The van der Waals surface area contributed by atoms with E-state index >= 15 is 0 Å². The molecule has 4 heterocycles. The number of hydrogen-bond donors (Lipinski definition) is 0. The Hall–Kier alpha value is -5.50. The molecule has 0 spiro atoms. The van der Waals surface area contributed by atoms with Crippen LogP contribution in [0.25, 0.3) is 22.8 Å². The lowest BCUT2D eigenvalue weighted by Crippen LogP contribution is -1.98. The van der Waals surface area contributed by atoms with Crippen molar-refractivity contribution < 1.29 is 0 Å². The summed E-state index contributed by atoms with van der Waals surface area (Å²) in [4.78, 5) is 17.9. The highest BCUT2D eigenvalue weighted by Crippen LogP contribution is 2.34. The van der Waals surface area contributed by atoms with Crippen molar-refractivity contribution in [3.05, 3.63) is 131 Å². The maximum atomic E-state index is 4.51. The van der Waals surface area contributed by atoms with E-state index in [4.69, 9.17) is 0 Å². The fourth-order valence-electron chi connectivity index (χ4n) is 4.62. The average molecular weight is 491 g/mol. The van der Waals surface area contributed by atoms with Crippen LogP contribution in [0.4, 0.5) is 0 Å². The molecule has 0 fully saturated rings. The summed E-state index contributed by atoms with van der Waals surface area (Å²) in [6.07, 6.45) is 10.5. The van der Waals surface area contributed by atoms with E-state index < -0.39 is 0 Å². The molecule has 5 aromatic rings. The van der Waals surface area contributed by atoms with Crippen LogP contribution in [0.3, 0.4) is 0 Å². The second kappa shape index (κ2) is 9.18. The van der Waals surface area contributed by atoms with Crippen LogP contribution >= 0.6 is 0 Å². The van der Waals surface area contributed by atoms with Gasteiger partial charge in [0.25, 0.3) is 0 Å². The van der Waals surface area contributed by atoms with E-state index in [0.717, 1.165) is 67.6 Å². The SMILES string of the molecule is C(=NN=C1c2cccnc2-c2ncccc21)c1ccc(C=NN=C2c3cccnc3-c3ncccc32)cc1. The first-order chi connectivity index (χ1) is 18.9. The van der Waals surface area contributed by atoms with Crippen LogP contribution in [0.15, 0.2) is 118 Å². The minimum absolute atomic E-state index is 0.774. The van der Waals surface area contributed by atoms with Crippen LogP contribution in [-0.4, -0.2) is 43.8 Å². The molecular formula is C30H18N8. The highest BCUT2D eigenvalue weighted by Gasteiger charge is 2.27. The number of rotatable bonds is 4. The van der Waals surface area contributed by atoms with Crippen LogP contribution in [-0.2, 0) is 0 Å². The molecule has 2 aliphatic rings. The summed E-state index contributed by atoms with van der Waals surface area (Å²) in [5.41, 5.74) is 10.5. The van der Waals surface area contributed by atoms with Crippen LogP contribution < -0.4 is 0 Å². The molecule has 38 heavy (non-hydrogen) atoms. The first-order valence-corrected chi connectivity index (χ1v) is 12.0. The van der Waals surface area contributed by atoms with Gasteiger partial charge < -0.3 is 0 Å². The molecule has 0 atom stereocenters. The minimum Gasteiger partial charge on any atom is -0.254 e. The zero-order valence-corrected chi connectivity index (χ0v) is 20.0. The number of benzene rings is 1. The highest BCUT2D eigenvalue weighted by molar-refractivity contribution is 6.23. The van der Waals surface area contributed by atoms with Gasteiger partial charge in [0.2, 0.25) is 0 Å². The third-order valence-corrected chi connectivity index (χ3v) is 6.37. The van der Waals surface area contributed by atoms with Crippen molar-refractivity contribution in [3.63, 3.8) is 0 Å². The summed E-state index contributed by atoms with van der Waals surface area (Å²) >= 11 is 0. The van der Waals surface area contributed by atoms with E-state index in [0.29, 0.717) is 0 Å². The second-order valence-electron chi connectivity index (χ2n) is 8.65. The summed E-state index contributed by atoms with van der Waals surface area (Å²) in [7, 11) is 0. The Morgan fingerprint density at radius 1 is 0.421 bits per heavy atom. The average Bonchev–Trinajstić information content (AvgIpc) is 3.47. The summed E-state index contributed by atoms with van der Waals surface area (Å²) in [5.74, 6) is 0. The number of pyridine rings is 4. The second-order valence-corrected chi connectivity index (χ2v) is 8.65. The molecule has 4 aromatic heterocycles. The summed E-state index contributed by atoms with van der Waals surface area (Å²) in [6, 6.07) is 23.4. The Morgan fingerprint density at radius 2 is 0.737 bits per heavy atom. The van der Waals surface area contributed by atoms with Gasteiger partial charge in [-0.15, -0.1) is 10.2 Å². The van der Waals surface area contributed by atoms with Gasteiger partial charge in [-0.1, -0.05) is 24.3 Å². The number of nitrogens with zero attached hydrogens (tertiary/aromatic N) is 8. The largest absolute Gasteiger partial charge is 0.254 e. The predicted octanol–water partition coefficient (Wildman–Crippen LogP) is 4.97. The molecule has 0 saturated heterocycles. The third kappa shape index (κ3) is 3.72. The molecule has 8 nitrogen and oxygen atoms in total. The lowest BCUT2D eigenvalue weighted by atomic mass is 10.1. The van der Waals surface area contributed by atoms with Crippen LogP contribution in [0.5, 0.6) is 0 Å². The predicted molar refractivity (Wildman–Crippen MR) is 148 cm³/mol. The standard InChI is InChI=1S/C30H18N8/c1-5-21-25(22-6-2-14-32-28(22)27(21)31-13-1)37-35-17-19-9-11-20(12-10-19)18-36-38-26-23-7-3-15-33-29(23)30-24(26)8-4-16-34-30/h1-18H. The van der Waals surface area contributed by atoms with Crippen molar-refractivity contribution in [3.8, 4) is 22.8 Å². The van der Waals surface area contributed by atoms with Crippen LogP contribution in [0.2, 0.25) is 0 Å². The zero-order valence-electron chi connectivity index (χ0n) is 20.0. The van der Waals surface area contributed by atoms with Gasteiger partial charge in [0.15, 0.2) is 0 Å². The number of fused-ring (bicyclic) bond motifs is 6. The molecule has 7 rings (SSSR count). The molecule has 0 bridgehead atoms. The van der Waals surface area contributed by atoms with Crippen molar-refractivity contribution in [1.29, 1.82) is 0 Å². The first-order valence-electron chi connectivity index (χ1n) is 12.0. The Labute approximate surface area is 218 Å². The Bertz CT molecular complexity index is 1590. The van der Waals surface area contributed by atoms with Crippen molar-refractivity contribution in [2.75, 3.05) is 0 Å². The Kier molecular flexibility index (Phi) is 5.26. The molecule has 178 valence electrons. The van der Waals surface area contributed by atoms with Crippen molar-refractivity contribution >= 4 is 23.9 Å². The summed E-state index contributed by atoms with van der Waals surface area (Å²) in [5, 5.41) is 17.7. The molecule has 2 aliphatic carbocycles. The monoisotopic (exact) mass is 490 g/mol. The molecule has 0 N–H and O–H groups in total. The molecule has 0 aliphatic heterocycles. The number of hydrogen-bond acceptors (Lipinski definition) is 8. The normalized spacial score (nSPS) is 12.9. The molecule has 0 saturated carbocycles. The number of aromatic nitrogens is 4. The van der Waals surface area contributed by atoms with Crippen molar-refractivity contribution in [1.82, 2.24) is 19.9 Å². The summed E-state index contributed by atoms with van der Waals surface area (Å²) in [6.45, 7) is 0. The lowest BCUT2D eigenvalue weighted by Gasteiger charge is -1.98. The van der Waals surface area contributed by atoms with E-state index in [9.17, 15) is 0 Å². The maximum Gasteiger partial charge on any atom is 0.105 e. The van der Waals surface area contributed by atoms with Gasteiger partial charge in [-0.05, 0) is 59.7 Å². The Morgan fingerprint density at radius 3 is 1.05 bits per heavy atom. The molecular weight excluding hydrogens is 472 g/mol. The van der Waals surface area contributed by atoms with E-state index in [2.05, 4.69) is 40.3 Å². The van der Waals surface area contributed by atoms with Gasteiger partial charge in [0.1, 0.15) is 11.4 Å². The molecule has 8 heteroatoms. The molecule has 0 amide bonds. The van der Waals surface area contributed by atoms with Gasteiger partial charge in [0.05, 0.1) is 35.2 Å². The van der Waals surface area contributed by atoms with Gasteiger partial charge in [-0.3, -0.25) is 19.9 Å². The van der Waals surface area contributed by atoms with E-state index in [1.807, 2.05) is 72.8 Å². The van der Waals surface area contributed by atoms with Crippen LogP contribution in [0.1, 0.15) is 33.4 Å². The third-order valence-electron chi connectivity index (χ3n) is 6.37. The Balaban J connectivity index is 1.10. The van der Waals surface area contributed by atoms with Crippen molar-refractivity contribution in [2.24, 2.45) is 20.4 Å². The zero-order chi connectivity index (χ0) is 25.3. The van der Waals surface area contributed by atoms with Gasteiger partial charge in [-0.2, -0.15) is 10.2 Å². The van der Waals surface area contributed by atoms with Gasteiger partial charge in [-0.25, -0.2) is 0 Å².